The summed E-state index contributed by atoms with van der Waals surface area (Å²) in [5.74, 6) is 0. The zero-order chi connectivity index (χ0) is 7.72. The summed E-state index contributed by atoms with van der Waals surface area (Å²) in [6, 6.07) is -0.232. The first-order valence-electron chi connectivity index (χ1n) is 3.30. The maximum atomic E-state index is 9.23. The van der Waals surface area contributed by atoms with Gasteiger partial charge in [-0.2, -0.15) is 0 Å². The van der Waals surface area contributed by atoms with Crippen molar-refractivity contribution in [1.29, 1.82) is 0 Å². The average molecular weight is 142 g/mol. The lowest BCUT2D eigenvalue weighted by molar-refractivity contribution is 0.0336. The number of ether oxygens (including phenoxy) is 1. The standard InChI is InChI=1S/C6H11BO3/c1-3-4(2-8)10-6(7)5(3)9/h4-6,8-9H,1-2,7H2/t4-,5+,6-/m0/s1. The van der Waals surface area contributed by atoms with E-state index in [1.165, 1.54) is 0 Å². The van der Waals surface area contributed by atoms with E-state index in [9.17, 15) is 5.11 Å². The number of hydrogen-bond donors (Lipinski definition) is 2. The van der Waals surface area contributed by atoms with Gasteiger partial charge in [0.1, 0.15) is 14.0 Å². The maximum absolute atomic E-state index is 9.23. The molecule has 0 bridgehead atoms. The topological polar surface area (TPSA) is 49.7 Å². The Labute approximate surface area is 60.7 Å². The van der Waals surface area contributed by atoms with Gasteiger partial charge in [-0.3, -0.25) is 0 Å². The van der Waals surface area contributed by atoms with Crippen LogP contribution < -0.4 is 0 Å². The molecule has 0 aliphatic carbocycles. The highest BCUT2D eigenvalue weighted by atomic mass is 16.5. The molecule has 0 spiro atoms. The SMILES string of the molecule is B[C@H]1O[C@@H](CO)C(=C)[C@H]1O. The molecule has 0 aromatic heterocycles. The lowest BCUT2D eigenvalue weighted by atomic mass is 9.92. The van der Waals surface area contributed by atoms with E-state index in [0.29, 0.717) is 5.57 Å². The Morgan fingerprint density at radius 2 is 2.30 bits per heavy atom. The van der Waals surface area contributed by atoms with Crippen LogP contribution in [-0.4, -0.2) is 42.9 Å². The third-order valence-corrected chi connectivity index (χ3v) is 1.78. The van der Waals surface area contributed by atoms with E-state index in [1.807, 2.05) is 0 Å². The van der Waals surface area contributed by atoms with Crippen molar-refractivity contribution in [1.82, 2.24) is 0 Å². The minimum absolute atomic E-state index is 0.0970. The van der Waals surface area contributed by atoms with Crippen molar-refractivity contribution >= 4 is 7.85 Å². The fourth-order valence-electron chi connectivity index (χ4n) is 1.07. The van der Waals surface area contributed by atoms with Crippen molar-refractivity contribution in [3.63, 3.8) is 0 Å². The van der Waals surface area contributed by atoms with E-state index >= 15 is 0 Å². The fraction of sp³-hybridized carbons (Fsp3) is 0.667. The number of aliphatic hydroxyl groups is 2. The molecule has 1 heterocycles. The monoisotopic (exact) mass is 142 g/mol. The summed E-state index contributed by atoms with van der Waals surface area (Å²) in [5.41, 5.74) is 0.579. The van der Waals surface area contributed by atoms with Crippen molar-refractivity contribution < 1.29 is 14.9 Å². The van der Waals surface area contributed by atoms with Gasteiger partial charge in [0.2, 0.25) is 0 Å². The van der Waals surface area contributed by atoms with E-state index in [2.05, 4.69) is 6.58 Å². The van der Waals surface area contributed by atoms with Crippen molar-refractivity contribution in [2.24, 2.45) is 0 Å². The first-order chi connectivity index (χ1) is 4.66. The Bertz CT molecular complexity index is 148. The molecule has 1 fully saturated rings. The van der Waals surface area contributed by atoms with Crippen molar-refractivity contribution in [2.75, 3.05) is 6.61 Å². The lowest BCUT2D eigenvalue weighted by Gasteiger charge is -2.05. The van der Waals surface area contributed by atoms with Crippen LogP contribution in [-0.2, 0) is 4.74 Å². The van der Waals surface area contributed by atoms with Gasteiger partial charge >= 0.3 is 0 Å². The summed E-state index contributed by atoms with van der Waals surface area (Å²) in [6.45, 7) is 3.51. The molecule has 56 valence electrons. The highest BCUT2D eigenvalue weighted by Crippen LogP contribution is 2.22. The highest BCUT2D eigenvalue weighted by Gasteiger charge is 2.33. The minimum atomic E-state index is -0.614. The molecule has 2 N–H and O–H groups in total. The Balaban J connectivity index is 2.62. The summed E-state index contributed by atoms with van der Waals surface area (Å²) < 4.78 is 5.14. The second-order valence-electron chi connectivity index (χ2n) is 2.53. The second-order valence-corrected chi connectivity index (χ2v) is 2.53. The summed E-state index contributed by atoms with van der Waals surface area (Å²) in [5, 5.41) is 17.9. The van der Waals surface area contributed by atoms with Crippen molar-refractivity contribution in [2.45, 2.75) is 18.2 Å². The number of hydrogen-bond acceptors (Lipinski definition) is 3. The van der Waals surface area contributed by atoms with Gasteiger partial charge in [0, 0.05) is 0 Å². The van der Waals surface area contributed by atoms with E-state index in [1.54, 1.807) is 7.85 Å². The van der Waals surface area contributed by atoms with Crippen LogP contribution in [0.25, 0.3) is 0 Å². The molecular formula is C6H11BO3. The van der Waals surface area contributed by atoms with Crippen LogP contribution in [0.4, 0.5) is 0 Å². The molecule has 4 heteroatoms. The fourth-order valence-corrected chi connectivity index (χ4v) is 1.07. The largest absolute Gasteiger partial charge is 0.393 e. The van der Waals surface area contributed by atoms with Gasteiger partial charge < -0.3 is 14.9 Å². The number of rotatable bonds is 1. The lowest BCUT2D eigenvalue weighted by Crippen LogP contribution is -2.21. The molecule has 3 nitrogen and oxygen atoms in total. The molecule has 0 unspecified atom stereocenters. The Kier molecular flexibility index (Phi) is 2.13. The molecule has 10 heavy (non-hydrogen) atoms. The molecule has 0 amide bonds. The zero-order valence-corrected chi connectivity index (χ0v) is 5.95. The Morgan fingerprint density at radius 1 is 1.70 bits per heavy atom. The molecule has 1 rings (SSSR count). The minimum Gasteiger partial charge on any atom is -0.393 e. The van der Waals surface area contributed by atoms with Crippen LogP contribution in [0.2, 0.25) is 0 Å². The molecule has 3 atom stereocenters. The summed E-state index contributed by atoms with van der Waals surface area (Å²) in [6.07, 6.45) is -0.984. The molecule has 0 radical (unpaired) electrons. The van der Waals surface area contributed by atoms with Crippen LogP contribution in [0.3, 0.4) is 0 Å². The van der Waals surface area contributed by atoms with Gasteiger partial charge in [-0.25, -0.2) is 0 Å². The predicted molar refractivity (Wildman–Crippen MR) is 39.4 cm³/mol. The van der Waals surface area contributed by atoms with Gasteiger partial charge in [0.05, 0.1) is 18.7 Å². The third-order valence-electron chi connectivity index (χ3n) is 1.78. The molecule has 0 aromatic carbocycles. The van der Waals surface area contributed by atoms with Crippen molar-refractivity contribution in [3.05, 3.63) is 12.2 Å². The second kappa shape index (κ2) is 2.74. The summed E-state index contributed by atoms with van der Waals surface area (Å²) >= 11 is 0. The zero-order valence-electron chi connectivity index (χ0n) is 5.95. The van der Waals surface area contributed by atoms with Gasteiger partial charge in [-0.15, -0.1) is 0 Å². The third kappa shape index (κ3) is 1.10. The highest BCUT2D eigenvalue weighted by molar-refractivity contribution is 6.12. The van der Waals surface area contributed by atoms with Crippen molar-refractivity contribution in [3.8, 4) is 0 Å². The van der Waals surface area contributed by atoms with Gasteiger partial charge in [-0.05, 0) is 5.57 Å². The smallest absolute Gasteiger partial charge is 0.143 e. The van der Waals surface area contributed by atoms with Gasteiger partial charge in [0.25, 0.3) is 0 Å². The quantitative estimate of drug-likeness (QED) is 0.337. The van der Waals surface area contributed by atoms with Gasteiger partial charge in [-0.1, -0.05) is 6.58 Å². The first-order valence-corrected chi connectivity index (χ1v) is 3.30. The van der Waals surface area contributed by atoms with Crippen LogP contribution >= 0.6 is 0 Å². The molecule has 1 aliphatic heterocycles. The molecule has 1 aliphatic rings. The van der Waals surface area contributed by atoms with Crippen LogP contribution in [0.5, 0.6) is 0 Å². The Hall–Kier alpha value is -0.315. The van der Waals surface area contributed by atoms with E-state index in [0.717, 1.165) is 0 Å². The van der Waals surface area contributed by atoms with E-state index < -0.39 is 6.10 Å². The van der Waals surface area contributed by atoms with E-state index in [4.69, 9.17) is 9.84 Å². The molecule has 0 aromatic rings. The summed E-state index contributed by atoms with van der Waals surface area (Å²) in [4.78, 5) is 0. The maximum Gasteiger partial charge on any atom is 0.143 e. The van der Waals surface area contributed by atoms with Gasteiger partial charge in [0.15, 0.2) is 0 Å². The van der Waals surface area contributed by atoms with Crippen LogP contribution in [0.15, 0.2) is 12.2 Å². The molecule has 0 saturated carbocycles. The first kappa shape index (κ1) is 7.79. The average Bonchev–Trinajstić information content (AvgIpc) is 2.17. The molecular weight excluding hydrogens is 131 g/mol. The number of aliphatic hydroxyl groups excluding tert-OH is 2. The van der Waals surface area contributed by atoms with E-state index in [-0.39, 0.29) is 18.7 Å². The van der Waals surface area contributed by atoms with Crippen LogP contribution in [0, 0.1) is 0 Å². The predicted octanol–water partition coefficient (Wildman–Crippen LogP) is -1.75. The Morgan fingerprint density at radius 3 is 2.50 bits per heavy atom. The van der Waals surface area contributed by atoms with Crippen LogP contribution in [0.1, 0.15) is 0 Å². The molecule has 1 saturated heterocycles. The summed E-state index contributed by atoms with van der Waals surface area (Å²) in [7, 11) is 1.76. The normalized spacial score (nSPS) is 40.6.